The second-order valence-corrected chi connectivity index (χ2v) is 3.00. The molecule has 1 rings (SSSR count). The van der Waals surface area contributed by atoms with Gasteiger partial charge in [0.25, 0.3) is 6.43 Å². The third-order valence-electron chi connectivity index (χ3n) is 1.92. The molecule has 0 amide bonds. The van der Waals surface area contributed by atoms with Crippen LogP contribution in [0.3, 0.4) is 0 Å². The molecule has 0 aliphatic carbocycles. The van der Waals surface area contributed by atoms with Gasteiger partial charge in [0.1, 0.15) is 6.20 Å². The van der Waals surface area contributed by atoms with Crippen LogP contribution < -0.4 is 0 Å². The van der Waals surface area contributed by atoms with Crippen LogP contribution in [0.5, 0.6) is 0 Å². The van der Waals surface area contributed by atoms with Gasteiger partial charge in [0.15, 0.2) is 5.69 Å². The Morgan fingerprint density at radius 2 is 2.22 bits per heavy atom. The van der Waals surface area contributed by atoms with Gasteiger partial charge in [0.2, 0.25) is 5.82 Å². The lowest BCUT2D eigenvalue weighted by molar-refractivity contribution is -0.388. The zero-order valence-corrected chi connectivity index (χ0v) is 9.02. The van der Waals surface area contributed by atoms with Crippen molar-refractivity contribution in [2.45, 2.75) is 13.3 Å². The van der Waals surface area contributed by atoms with Crippen LogP contribution in [-0.4, -0.2) is 22.5 Å². The van der Waals surface area contributed by atoms with Gasteiger partial charge >= 0.3 is 11.7 Å². The molecule has 18 heavy (non-hydrogen) atoms. The number of esters is 1. The van der Waals surface area contributed by atoms with Crippen LogP contribution in [0.4, 0.5) is 18.9 Å². The van der Waals surface area contributed by atoms with Gasteiger partial charge in [-0.15, -0.1) is 0 Å². The molecule has 0 aromatic carbocycles. The van der Waals surface area contributed by atoms with E-state index in [1.807, 2.05) is 0 Å². The van der Waals surface area contributed by atoms with Crippen molar-refractivity contribution in [3.63, 3.8) is 0 Å². The van der Waals surface area contributed by atoms with Gasteiger partial charge in [-0.05, 0) is 6.92 Å². The first-order chi connectivity index (χ1) is 8.40. The maximum absolute atomic E-state index is 13.5. The van der Waals surface area contributed by atoms with Crippen molar-refractivity contribution in [1.29, 1.82) is 0 Å². The molecule has 1 aromatic rings. The van der Waals surface area contributed by atoms with E-state index in [-0.39, 0.29) is 6.61 Å². The monoisotopic (exact) mass is 264 g/mol. The Labute approximate surface area is 98.5 Å². The minimum Gasteiger partial charge on any atom is -0.461 e. The lowest BCUT2D eigenvalue weighted by Gasteiger charge is -2.08. The van der Waals surface area contributed by atoms with Crippen LogP contribution in [-0.2, 0) is 4.74 Å². The Morgan fingerprint density at radius 3 is 2.67 bits per heavy atom. The van der Waals surface area contributed by atoms with Crippen LogP contribution in [0.15, 0.2) is 6.20 Å². The minimum absolute atomic E-state index is 0.123. The van der Waals surface area contributed by atoms with Gasteiger partial charge in [-0.3, -0.25) is 10.1 Å². The van der Waals surface area contributed by atoms with E-state index in [0.29, 0.717) is 6.20 Å². The maximum Gasteiger partial charge on any atom is 0.357 e. The quantitative estimate of drug-likeness (QED) is 0.473. The molecule has 0 unspecified atom stereocenters. The SMILES string of the molecule is CCOC(=O)c1ncc([N+](=O)[O-])c(F)c1C(F)F. The van der Waals surface area contributed by atoms with Gasteiger partial charge in [-0.25, -0.2) is 18.6 Å². The molecule has 1 aromatic heterocycles. The van der Waals surface area contributed by atoms with Crippen LogP contribution in [0.1, 0.15) is 29.4 Å². The first-order valence-corrected chi connectivity index (χ1v) is 4.68. The Balaban J connectivity index is 3.41. The smallest absolute Gasteiger partial charge is 0.357 e. The molecular formula is C9H7F3N2O4. The summed E-state index contributed by atoms with van der Waals surface area (Å²) in [5, 5.41) is 10.4. The van der Waals surface area contributed by atoms with Crippen LogP contribution >= 0.6 is 0 Å². The summed E-state index contributed by atoms with van der Waals surface area (Å²) in [6, 6.07) is 0. The van der Waals surface area contributed by atoms with Gasteiger partial charge in [-0.1, -0.05) is 0 Å². The molecule has 0 aliphatic heterocycles. The van der Waals surface area contributed by atoms with Gasteiger partial charge in [-0.2, -0.15) is 4.39 Å². The first-order valence-electron chi connectivity index (χ1n) is 4.68. The van der Waals surface area contributed by atoms with Crippen molar-refractivity contribution in [1.82, 2.24) is 4.98 Å². The largest absolute Gasteiger partial charge is 0.461 e. The molecule has 0 saturated heterocycles. The molecule has 6 nitrogen and oxygen atoms in total. The summed E-state index contributed by atoms with van der Waals surface area (Å²) in [5.41, 5.74) is -3.61. The van der Waals surface area contributed by atoms with Crippen LogP contribution in [0, 0.1) is 15.9 Å². The number of nitro groups is 1. The zero-order chi connectivity index (χ0) is 13.9. The van der Waals surface area contributed by atoms with Crippen LogP contribution in [0.25, 0.3) is 0 Å². The molecular weight excluding hydrogens is 257 g/mol. The number of halogens is 3. The molecule has 0 atom stereocenters. The number of carbonyl (C=O) groups is 1. The standard InChI is InChI=1S/C9H7F3N2O4/c1-2-18-9(15)7-5(8(11)12)6(10)4(3-13-7)14(16)17/h3,8H,2H2,1H3. The number of alkyl halides is 2. The summed E-state index contributed by atoms with van der Waals surface area (Å²) < 4.78 is 43.1. The summed E-state index contributed by atoms with van der Waals surface area (Å²) in [4.78, 5) is 23.6. The van der Waals surface area contributed by atoms with E-state index in [4.69, 9.17) is 0 Å². The highest BCUT2D eigenvalue weighted by Gasteiger charge is 2.31. The van der Waals surface area contributed by atoms with Crippen LogP contribution in [0.2, 0.25) is 0 Å². The maximum atomic E-state index is 13.5. The summed E-state index contributed by atoms with van der Waals surface area (Å²) in [7, 11) is 0. The highest BCUT2D eigenvalue weighted by atomic mass is 19.3. The van der Waals surface area contributed by atoms with E-state index < -0.39 is 40.1 Å². The van der Waals surface area contributed by atoms with E-state index in [2.05, 4.69) is 9.72 Å². The van der Waals surface area contributed by atoms with E-state index in [9.17, 15) is 28.1 Å². The van der Waals surface area contributed by atoms with Crippen molar-refractivity contribution in [2.75, 3.05) is 6.61 Å². The molecule has 0 N–H and O–H groups in total. The van der Waals surface area contributed by atoms with Crippen molar-refractivity contribution >= 4 is 11.7 Å². The van der Waals surface area contributed by atoms with E-state index in [1.54, 1.807) is 0 Å². The molecule has 98 valence electrons. The van der Waals surface area contributed by atoms with Gasteiger partial charge in [0.05, 0.1) is 17.1 Å². The highest BCUT2D eigenvalue weighted by molar-refractivity contribution is 5.89. The number of rotatable bonds is 4. The second-order valence-electron chi connectivity index (χ2n) is 3.00. The predicted octanol–water partition coefficient (Wildman–Crippen LogP) is 2.24. The number of nitrogens with zero attached hydrogens (tertiary/aromatic N) is 2. The first kappa shape index (κ1) is 13.9. The summed E-state index contributed by atoms with van der Waals surface area (Å²) >= 11 is 0. The molecule has 0 radical (unpaired) electrons. The number of hydrogen-bond acceptors (Lipinski definition) is 5. The summed E-state index contributed by atoms with van der Waals surface area (Å²) in [6.07, 6.45) is -3.02. The van der Waals surface area contributed by atoms with Gasteiger partial charge in [0, 0.05) is 0 Å². The van der Waals surface area contributed by atoms with E-state index >= 15 is 0 Å². The molecule has 0 spiro atoms. The van der Waals surface area contributed by atoms with Gasteiger partial charge < -0.3 is 4.74 Å². The third-order valence-corrected chi connectivity index (χ3v) is 1.92. The number of carbonyl (C=O) groups excluding carboxylic acids is 1. The zero-order valence-electron chi connectivity index (χ0n) is 9.02. The number of hydrogen-bond donors (Lipinski definition) is 0. The average Bonchev–Trinajstić information content (AvgIpc) is 2.27. The topological polar surface area (TPSA) is 82.3 Å². The van der Waals surface area contributed by atoms with Crippen molar-refractivity contribution < 1.29 is 27.6 Å². The number of ether oxygens (including phenoxy) is 1. The lowest BCUT2D eigenvalue weighted by Crippen LogP contribution is -2.14. The Bertz CT molecular complexity index is 493. The molecule has 0 saturated carbocycles. The van der Waals surface area contributed by atoms with Crippen molar-refractivity contribution in [2.24, 2.45) is 0 Å². The highest BCUT2D eigenvalue weighted by Crippen LogP contribution is 2.30. The van der Waals surface area contributed by atoms with Crippen molar-refractivity contribution in [3.8, 4) is 0 Å². The summed E-state index contributed by atoms with van der Waals surface area (Å²) in [6.45, 7) is 1.30. The van der Waals surface area contributed by atoms with Crippen molar-refractivity contribution in [3.05, 3.63) is 33.4 Å². The third kappa shape index (κ3) is 2.55. The normalized spacial score (nSPS) is 10.5. The van der Waals surface area contributed by atoms with E-state index in [0.717, 1.165) is 0 Å². The number of pyridine rings is 1. The summed E-state index contributed by atoms with van der Waals surface area (Å²) in [5.74, 6) is -3.05. The molecule has 0 aliphatic rings. The molecule has 1 heterocycles. The Morgan fingerprint density at radius 1 is 1.61 bits per heavy atom. The lowest BCUT2D eigenvalue weighted by atomic mass is 10.1. The fraction of sp³-hybridized carbons (Fsp3) is 0.333. The molecule has 0 fully saturated rings. The predicted molar refractivity (Wildman–Crippen MR) is 51.8 cm³/mol. The van der Waals surface area contributed by atoms with E-state index in [1.165, 1.54) is 6.92 Å². The fourth-order valence-electron chi connectivity index (χ4n) is 1.18. The molecule has 0 bridgehead atoms. The average molecular weight is 264 g/mol. The Hall–Kier alpha value is -2.19. The minimum atomic E-state index is -3.42. The fourth-order valence-corrected chi connectivity index (χ4v) is 1.18. The molecule has 9 heteroatoms. The second kappa shape index (κ2) is 5.43. The number of aromatic nitrogens is 1. The Kier molecular flexibility index (Phi) is 4.18.